The van der Waals surface area contributed by atoms with Crippen molar-refractivity contribution < 1.29 is 9.90 Å². The maximum absolute atomic E-state index is 11.6. The van der Waals surface area contributed by atoms with Crippen molar-refractivity contribution in [2.24, 2.45) is 0 Å². The minimum atomic E-state index is 0.0684. The highest BCUT2D eigenvalue weighted by molar-refractivity contribution is 6.00. The summed E-state index contributed by atoms with van der Waals surface area (Å²) < 4.78 is 0. The molecule has 0 aromatic heterocycles. The summed E-state index contributed by atoms with van der Waals surface area (Å²) in [7, 11) is 0. The summed E-state index contributed by atoms with van der Waals surface area (Å²) in [5, 5.41) is 9.02. The minimum Gasteiger partial charge on any atom is -0.392 e. The Kier molecular flexibility index (Phi) is 2.73. The van der Waals surface area contributed by atoms with Gasteiger partial charge in [-0.3, -0.25) is 4.79 Å². The number of hydrogen-bond donors (Lipinski definition) is 1. The molecule has 0 heterocycles. The van der Waals surface area contributed by atoms with Gasteiger partial charge in [-0.2, -0.15) is 0 Å². The summed E-state index contributed by atoms with van der Waals surface area (Å²) in [6.07, 6.45) is 1.50. The van der Waals surface area contributed by atoms with E-state index in [1.165, 1.54) is 0 Å². The molecule has 0 saturated heterocycles. The Morgan fingerprint density at radius 1 is 0.944 bits per heavy atom. The van der Waals surface area contributed by atoms with Crippen LogP contribution in [0.1, 0.15) is 27.9 Å². The van der Waals surface area contributed by atoms with Crippen molar-refractivity contribution in [2.75, 3.05) is 0 Å². The van der Waals surface area contributed by atoms with Gasteiger partial charge in [-0.25, -0.2) is 0 Å². The van der Waals surface area contributed by atoms with Crippen molar-refractivity contribution >= 4 is 5.78 Å². The van der Waals surface area contributed by atoms with Crippen LogP contribution in [0.5, 0.6) is 0 Å². The standard InChI is InChI=1S/C16H14O2/c17-10-11-1-3-12(4-2-11)13-5-7-15-14(9-13)6-8-16(15)18/h1-5,7,9,17H,6,8,10H2. The molecule has 1 N–H and O–H groups in total. The number of carbonyl (C=O) groups excluding carboxylic acids is 1. The van der Waals surface area contributed by atoms with Gasteiger partial charge in [-0.1, -0.05) is 42.5 Å². The maximum atomic E-state index is 11.6. The first kappa shape index (κ1) is 11.2. The monoisotopic (exact) mass is 238 g/mol. The van der Waals surface area contributed by atoms with Crippen LogP contribution in [0.2, 0.25) is 0 Å². The summed E-state index contributed by atoms with van der Waals surface area (Å²) in [5.41, 5.74) is 5.20. The fraction of sp³-hybridized carbons (Fsp3) is 0.188. The predicted octanol–water partition coefficient (Wildman–Crippen LogP) is 2.97. The number of aryl methyl sites for hydroxylation is 1. The van der Waals surface area contributed by atoms with Crippen LogP contribution in [0.3, 0.4) is 0 Å². The summed E-state index contributed by atoms with van der Waals surface area (Å²) >= 11 is 0. The molecule has 0 atom stereocenters. The van der Waals surface area contributed by atoms with Crippen LogP contribution in [0.15, 0.2) is 42.5 Å². The lowest BCUT2D eigenvalue weighted by Gasteiger charge is -2.05. The number of fused-ring (bicyclic) bond motifs is 1. The first-order chi connectivity index (χ1) is 8.78. The third kappa shape index (κ3) is 1.85. The van der Waals surface area contributed by atoms with Crippen molar-refractivity contribution in [2.45, 2.75) is 19.4 Å². The Balaban J connectivity index is 1.99. The first-order valence-electron chi connectivity index (χ1n) is 6.14. The third-order valence-corrected chi connectivity index (χ3v) is 3.50. The van der Waals surface area contributed by atoms with E-state index in [4.69, 9.17) is 5.11 Å². The fourth-order valence-corrected chi connectivity index (χ4v) is 2.44. The van der Waals surface area contributed by atoms with E-state index in [9.17, 15) is 4.79 Å². The molecule has 0 saturated carbocycles. The van der Waals surface area contributed by atoms with Gasteiger partial charge in [0, 0.05) is 12.0 Å². The molecule has 0 bridgehead atoms. The summed E-state index contributed by atoms with van der Waals surface area (Å²) in [4.78, 5) is 11.6. The van der Waals surface area contributed by atoms with Crippen LogP contribution in [0.25, 0.3) is 11.1 Å². The highest BCUT2D eigenvalue weighted by atomic mass is 16.3. The summed E-state index contributed by atoms with van der Waals surface area (Å²) in [6, 6.07) is 13.9. The number of aliphatic hydroxyl groups excluding tert-OH is 1. The van der Waals surface area contributed by atoms with Crippen LogP contribution >= 0.6 is 0 Å². The van der Waals surface area contributed by atoms with Crippen molar-refractivity contribution in [3.63, 3.8) is 0 Å². The van der Waals surface area contributed by atoms with E-state index in [1.807, 2.05) is 36.4 Å². The molecule has 0 amide bonds. The maximum Gasteiger partial charge on any atom is 0.163 e. The van der Waals surface area contributed by atoms with Crippen molar-refractivity contribution in [1.82, 2.24) is 0 Å². The van der Waals surface area contributed by atoms with Crippen molar-refractivity contribution in [1.29, 1.82) is 0 Å². The van der Waals surface area contributed by atoms with Gasteiger partial charge in [0.25, 0.3) is 0 Å². The number of benzene rings is 2. The van der Waals surface area contributed by atoms with E-state index in [0.29, 0.717) is 6.42 Å². The van der Waals surface area contributed by atoms with Gasteiger partial charge in [0.2, 0.25) is 0 Å². The number of rotatable bonds is 2. The molecule has 90 valence electrons. The van der Waals surface area contributed by atoms with Crippen LogP contribution < -0.4 is 0 Å². The average molecular weight is 238 g/mol. The molecule has 18 heavy (non-hydrogen) atoms. The van der Waals surface area contributed by atoms with Crippen molar-refractivity contribution in [3.05, 3.63) is 59.2 Å². The second kappa shape index (κ2) is 4.39. The van der Waals surface area contributed by atoms with Gasteiger partial charge in [-0.05, 0) is 28.7 Å². The molecule has 2 aromatic carbocycles. The molecule has 2 heteroatoms. The zero-order valence-electron chi connectivity index (χ0n) is 10.0. The quantitative estimate of drug-likeness (QED) is 0.873. The normalized spacial score (nSPS) is 13.7. The average Bonchev–Trinajstić information content (AvgIpc) is 2.80. The Morgan fingerprint density at radius 3 is 2.39 bits per heavy atom. The largest absolute Gasteiger partial charge is 0.392 e. The van der Waals surface area contributed by atoms with E-state index < -0.39 is 0 Å². The van der Waals surface area contributed by atoms with Crippen molar-refractivity contribution in [3.8, 4) is 11.1 Å². The molecule has 1 aliphatic carbocycles. The zero-order valence-corrected chi connectivity index (χ0v) is 10.0. The molecule has 3 rings (SSSR count). The lowest BCUT2D eigenvalue weighted by atomic mass is 9.99. The Bertz CT molecular complexity index is 597. The van der Waals surface area contributed by atoms with Gasteiger partial charge >= 0.3 is 0 Å². The highest BCUT2D eigenvalue weighted by Gasteiger charge is 2.19. The third-order valence-electron chi connectivity index (χ3n) is 3.50. The SMILES string of the molecule is O=C1CCc2cc(-c3ccc(CO)cc3)ccc21. The van der Waals surface area contributed by atoms with Crippen LogP contribution in [-0.4, -0.2) is 10.9 Å². The van der Waals surface area contributed by atoms with E-state index in [0.717, 1.165) is 34.2 Å². The molecule has 2 nitrogen and oxygen atoms in total. The fourth-order valence-electron chi connectivity index (χ4n) is 2.44. The molecule has 1 aliphatic rings. The Morgan fingerprint density at radius 2 is 1.67 bits per heavy atom. The van der Waals surface area contributed by atoms with Crippen LogP contribution in [-0.2, 0) is 13.0 Å². The summed E-state index contributed by atoms with van der Waals surface area (Å²) in [6.45, 7) is 0.0684. The molecule has 0 radical (unpaired) electrons. The summed E-state index contributed by atoms with van der Waals surface area (Å²) in [5.74, 6) is 0.257. The van der Waals surface area contributed by atoms with Crippen LogP contribution in [0, 0.1) is 0 Å². The second-order valence-electron chi connectivity index (χ2n) is 4.65. The number of aliphatic hydroxyl groups is 1. The topological polar surface area (TPSA) is 37.3 Å². The number of carbonyl (C=O) groups is 1. The highest BCUT2D eigenvalue weighted by Crippen LogP contribution is 2.28. The van der Waals surface area contributed by atoms with Gasteiger partial charge < -0.3 is 5.11 Å². The molecule has 0 fully saturated rings. The first-order valence-corrected chi connectivity index (χ1v) is 6.14. The van der Waals surface area contributed by atoms with Gasteiger partial charge in [0.05, 0.1) is 6.61 Å². The number of hydrogen-bond acceptors (Lipinski definition) is 2. The van der Waals surface area contributed by atoms with E-state index >= 15 is 0 Å². The Labute approximate surface area is 106 Å². The predicted molar refractivity (Wildman–Crippen MR) is 70.5 cm³/mol. The molecule has 2 aromatic rings. The zero-order chi connectivity index (χ0) is 12.5. The molecular weight excluding hydrogens is 224 g/mol. The van der Waals surface area contributed by atoms with Gasteiger partial charge in [0.15, 0.2) is 5.78 Å². The van der Waals surface area contributed by atoms with E-state index in [-0.39, 0.29) is 12.4 Å². The molecular formula is C16H14O2. The van der Waals surface area contributed by atoms with Gasteiger partial charge in [0.1, 0.15) is 0 Å². The van der Waals surface area contributed by atoms with Gasteiger partial charge in [-0.15, -0.1) is 0 Å². The minimum absolute atomic E-state index is 0.0684. The van der Waals surface area contributed by atoms with E-state index in [2.05, 4.69) is 6.07 Å². The lowest BCUT2D eigenvalue weighted by molar-refractivity contribution is 0.0994. The second-order valence-corrected chi connectivity index (χ2v) is 4.65. The number of Topliss-reactive ketones (excluding diaryl/α,β-unsaturated/α-hetero) is 1. The lowest BCUT2D eigenvalue weighted by Crippen LogP contribution is -1.91. The molecule has 0 aliphatic heterocycles. The van der Waals surface area contributed by atoms with Crippen LogP contribution in [0.4, 0.5) is 0 Å². The Hall–Kier alpha value is -1.93. The van der Waals surface area contributed by atoms with E-state index in [1.54, 1.807) is 0 Å². The molecule has 0 spiro atoms. The number of ketones is 1. The smallest absolute Gasteiger partial charge is 0.163 e. The molecule has 0 unspecified atom stereocenters.